The van der Waals surface area contributed by atoms with Gasteiger partial charge < -0.3 is 15.0 Å². The summed E-state index contributed by atoms with van der Waals surface area (Å²) in [6.07, 6.45) is 5.58. The standard InChI is InChI=1S/C25H28N6O3/c1-26-24(33)22(5-4-10-32)31-15-17-11-16(6-7-19(17)25(31)34)21-12-18(14-30-8-2-3-9-30)20-13-27-29-23(20)28-21/h6-7,10-13,22H,2-5,8-9,14-15H2,1H3,(H,26,33)(H,27,28,29). The first-order valence-corrected chi connectivity index (χ1v) is 11.7. The number of H-pyrrole nitrogens is 1. The zero-order chi connectivity index (χ0) is 23.7. The van der Waals surface area contributed by atoms with Crippen LogP contribution in [0, 0.1) is 0 Å². The van der Waals surface area contributed by atoms with E-state index in [9.17, 15) is 14.4 Å². The summed E-state index contributed by atoms with van der Waals surface area (Å²) in [5.74, 6) is -0.450. The lowest BCUT2D eigenvalue weighted by Crippen LogP contribution is -2.46. The summed E-state index contributed by atoms with van der Waals surface area (Å²) in [7, 11) is 1.54. The Hall–Kier alpha value is -3.59. The number of likely N-dealkylation sites (N-methyl/N-ethyl adjacent to an activating group) is 1. The lowest BCUT2D eigenvalue weighted by atomic mass is 10.0. The monoisotopic (exact) mass is 460 g/mol. The third-order valence-electron chi connectivity index (χ3n) is 6.82. The van der Waals surface area contributed by atoms with Gasteiger partial charge in [-0.25, -0.2) is 4.98 Å². The van der Waals surface area contributed by atoms with Gasteiger partial charge in [0.1, 0.15) is 12.3 Å². The van der Waals surface area contributed by atoms with Gasteiger partial charge in [0.2, 0.25) is 5.91 Å². The first-order valence-electron chi connectivity index (χ1n) is 11.7. The fourth-order valence-corrected chi connectivity index (χ4v) is 5.03. The molecule has 176 valence electrons. The third kappa shape index (κ3) is 4.07. The minimum Gasteiger partial charge on any atom is -0.357 e. The zero-order valence-corrected chi connectivity index (χ0v) is 19.2. The Morgan fingerprint density at radius 1 is 1.26 bits per heavy atom. The van der Waals surface area contributed by atoms with Gasteiger partial charge in [-0.2, -0.15) is 5.10 Å². The minimum absolute atomic E-state index is 0.187. The number of pyridine rings is 1. The van der Waals surface area contributed by atoms with Crippen LogP contribution in [0.25, 0.3) is 22.3 Å². The number of benzene rings is 1. The second-order valence-corrected chi connectivity index (χ2v) is 8.96. The second-order valence-electron chi connectivity index (χ2n) is 8.96. The van der Waals surface area contributed by atoms with E-state index in [0.717, 1.165) is 53.8 Å². The van der Waals surface area contributed by atoms with Crippen molar-refractivity contribution in [3.8, 4) is 11.3 Å². The van der Waals surface area contributed by atoms with E-state index in [0.29, 0.717) is 18.5 Å². The second kappa shape index (κ2) is 9.34. The normalized spacial score (nSPS) is 16.7. The van der Waals surface area contributed by atoms with Crippen molar-refractivity contribution < 1.29 is 14.4 Å². The van der Waals surface area contributed by atoms with Crippen molar-refractivity contribution in [3.05, 3.63) is 47.2 Å². The van der Waals surface area contributed by atoms with Crippen molar-refractivity contribution in [1.82, 2.24) is 30.3 Å². The molecule has 1 atom stereocenters. The minimum atomic E-state index is -0.676. The predicted octanol–water partition coefficient (Wildman–Crippen LogP) is 2.27. The van der Waals surface area contributed by atoms with Crippen molar-refractivity contribution >= 4 is 29.1 Å². The molecular weight excluding hydrogens is 432 g/mol. The highest BCUT2D eigenvalue weighted by Crippen LogP contribution is 2.32. The van der Waals surface area contributed by atoms with Gasteiger partial charge in [-0.05, 0) is 61.7 Å². The third-order valence-corrected chi connectivity index (χ3v) is 6.82. The fourth-order valence-electron chi connectivity index (χ4n) is 5.03. The molecule has 9 heteroatoms. The molecule has 1 aromatic carbocycles. The Morgan fingerprint density at radius 2 is 2.09 bits per heavy atom. The highest BCUT2D eigenvalue weighted by Gasteiger charge is 2.36. The molecular formula is C25H28N6O3. The van der Waals surface area contributed by atoms with Gasteiger partial charge in [0, 0.05) is 43.1 Å². The van der Waals surface area contributed by atoms with Crippen LogP contribution in [0.4, 0.5) is 0 Å². The lowest BCUT2D eigenvalue weighted by molar-refractivity contribution is -0.125. The van der Waals surface area contributed by atoms with Crippen LogP contribution in [-0.2, 0) is 22.7 Å². The number of fused-ring (bicyclic) bond motifs is 2. The van der Waals surface area contributed by atoms with Crippen molar-refractivity contribution in [2.45, 2.75) is 44.8 Å². The summed E-state index contributed by atoms with van der Waals surface area (Å²) in [6.45, 7) is 3.38. The Morgan fingerprint density at radius 3 is 2.85 bits per heavy atom. The molecule has 1 unspecified atom stereocenters. The van der Waals surface area contributed by atoms with E-state index < -0.39 is 6.04 Å². The van der Waals surface area contributed by atoms with Crippen molar-refractivity contribution in [2.75, 3.05) is 20.1 Å². The Kier molecular flexibility index (Phi) is 6.10. The van der Waals surface area contributed by atoms with E-state index in [1.807, 2.05) is 24.4 Å². The summed E-state index contributed by atoms with van der Waals surface area (Å²) in [6, 6.07) is 7.14. The van der Waals surface area contributed by atoms with Gasteiger partial charge in [-0.3, -0.25) is 19.6 Å². The van der Waals surface area contributed by atoms with Crippen LogP contribution >= 0.6 is 0 Å². The largest absolute Gasteiger partial charge is 0.357 e. The molecule has 9 nitrogen and oxygen atoms in total. The molecule has 0 bridgehead atoms. The molecule has 5 rings (SSSR count). The van der Waals surface area contributed by atoms with Crippen molar-refractivity contribution in [3.63, 3.8) is 0 Å². The number of nitrogens with one attached hydrogen (secondary N) is 2. The van der Waals surface area contributed by atoms with Crippen molar-refractivity contribution in [1.29, 1.82) is 0 Å². The Labute approximate surface area is 197 Å². The number of carbonyl (C=O) groups is 3. The maximum Gasteiger partial charge on any atom is 0.255 e. The van der Waals surface area contributed by atoms with E-state index in [2.05, 4.69) is 26.5 Å². The average molecular weight is 461 g/mol. The SMILES string of the molecule is CNC(=O)C(CCC=O)N1Cc2cc(-c3cc(CN4CCCC4)c4cn[nH]c4n3)ccc2C1=O. The molecule has 0 saturated carbocycles. The smallest absolute Gasteiger partial charge is 0.255 e. The van der Waals surface area contributed by atoms with E-state index >= 15 is 0 Å². The van der Waals surface area contributed by atoms with Gasteiger partial charge in [0.25, 0.3) is 5.91 Å². The van der Waals surface area contributed by atoms with E-state index in [4.69, 9.17) is 4.98 Å². The number of aldehydes is 1. The first kappa shape index (κ1) is 22.2. The van der Waals surface area contributed by atoms with Gasteiger partial charge >= 0.3 is 0 Å². The van der Waals surface area contributed by atoms with Gasteiger partial charge in [0.05, 0.1) is 11.9 Å². The summed E-state index contributed by atoms with van der Waals surface area (Å²) >= 11 is 0. The maximum absolute atomic E-state index is 13.1. The predicted molar refractivity (Wildman–Crippen MR) is 127 cm³/mol. The number of amides is 2. The molecule has 4 heterocycles. The molecule has 3 aromatic rings. The number of likely N-dealkylation sites (tertiary alicyclic amines) is 1. The number of aromatic amines is 1. The summed E-state index contributed by atoms with van der Waals surface area (Å²) in [5, 5.41) is 10.8. The van der Waals surface area contributed by atoms with Crippen LogP contribution < -0.4 is 5.32 Å². The molecule has 1 fully saturated rings. The molecule has 2 aromatic heterocycles. The molecule has 2 aliphatic heterocycles. The topological polar surface area (TPSA) is 111 Å². The number of hydrogen-bond donors (Lipinski definition) is 2. The highest BCUT2D eigenvalue weighted by molar-refractivity contribution is 6.01. The number of aromatic nitrogens is 3. The molecule has 1 saturated heterocycles. The van der Waals surface area contributed by atoms with Gasteiger partial charge in [-0.15, -0.1) is 0 Å². The Bertz CT molecular complexity index is 1250. The summed E-state index contributed by atoms with van der Waals surface area (Å²) < 4.78 is 0. The van der Waals surface area contributed by atoms with Gasteiger partial charge in [-0.1, -0.05) is 6.07 Å². The summed E-state index contributed by atoms with van der Waals surface area (Å²) in [4.78, 5) is 45.2. The van der Waals surface area contributed by atoms with Crippen molar-refractivity contribution in [2.24, 2.45) is 0 Å². The zero-order valence-electron chi connectivity index (χ0n) is 19.2. The summed E-state index contributed by atoms with van der Waals surface area (Å²) in [5.41, 5.74) is 5.11. The first-order chi connectivity index (χ1) is 16.6. The number of nitrogens with zero attached hydrogens (tertiary/aromatic N) is 4. The fraction of sp³-hybridized carbons (Fsp3) is 0.400. The molecule has 0 spiro atoms. The quantitative estimate of drug-likeness (QED) is 0.499. The molecule has 2 aliphatic rings. The van der Waals surface area contributed by atoms with Crippen LogP contribution in [0.1, 0.15) is 47.2 Å². The number of hydrogen-bond acceptors (Lipinski definition) is 6. The van der Waals surface area contributed by atoms with E-state index in [1.165, 1.54) is 18.4 Å². The van der Waals surface area contributed by atoms with Gasteiger partial charge in [0.15, 0.2) is 5.65 Å². The number of carbonyl (C=O) groups excluding carboxylic acids is 3. The van der Waals surface area contributed by atoms with E-state index in [-0.39, 0.29) is 18.2 Å². The van der Waals surface area contributed by atoms with Crippen LogP contribution in [-0.4, -0.2) is 69.3 Å². The average Bonchev–Trinajstić information content (AvgIpc) is 3.60. The maximum atomic E-state index is 13.1. The van der Waals surface area contributed by atoms with Crippen LogP contribution in [0.5, 0.6) is 0 Å². The molecule has 2 N–H and O–H groups in total. The highest BCUT2D eigenvalue weighted by atomic mass is 16.2. The Balaban J connectivity index is 1.46. The molecule has 34 heavy (non-hydrogen) atoms. The van der Waals surface area contributed by atoms with Crippen LogP contribution in [0.3, 0.4) is 0 Å². The van der Waals surface area contributed by atoms with E-state index in [1.54, 1.807) is 11.9 Å². The lowest BCUT2D eigenvalue weighted by Gasteiger charge is -2.25. The number of rotatable bonds is 8. The van der Waals surface area contributed by atoms with Crippen LogP contribution in [0.2, 0.25) is 0 Å². The molecule has 0 radical (unpaired) electrons. The molecule has 0 aliphatic carbocycles. The van der Waals surface area contributed by atoms with Crippen LogP contribution in [0.15, 0.2) is 30.5 Å². The molecule has 2 amide bonds.